The summed E-state index contributed by atoms with van der Waals surface area (Å²) in [6.45, 7) is 7.72. The van der Waals surface area contributed by atoms with Gasteiger partial charge in [-0.2, -0.15) is 4.31 Å². The highest BCUT2D eigenvalue weighted by Gasteiger charge is 2.25. The molecule has 108 valence electrons. The monoisotopic (exact) mass is 278 g/mol. The van der Waals surface area contributed by atoms with Gasteiger partial charge in [-0.1, -0.05) is 6.92 Å². The molecule has 1 heterocycles. The van der Waals surface area contributed by atoms with Gasteiger partial charge in [0.25, 0.3) is 0 Å². The number of likely N-dealkylation sites (N-methyl/N-ethyl adjacent to an activating group) is 1. The molecule has 0 amide bonds. The van der Waals surface area contributed by atoms with Gasteiger partial charge in [-0.05, 0) is 38.8 Å². The number of nitrogens with zero attached hydrogens (tertiary/aromatic N) is 1. The van der Waals surface area contributed by atoms with Gasteiger partial charge in [-0.3, -0.25) is 0 Å². The molecule has 1 N–H and O–H groups in total. The van der Waals surface area contributed by atoms with E-state index in [1.54, 1.807) is 0 Å². The van der Waals surface area contributed by atoms with Gasteiger partial charge in [0.1, 0.15) is 0 Å². The molecule has 1 aliphatic rings. The lowest BCUT2D eigenvalue weighted by Gasteiger charge is -2.26. The lowest BCUT2D eigenvalue weighted by Crippen LogP contribution is -2.41. The van der Waals surface area contributed by atoms with Crippen LogP contribution in [0.25, 0.3) is 0 Å². The third kappa shape index (κ3) is 5.22. The first-order chi connectivity index (χ1) is 8.60. The highest BCUT2D eigenvalue weighted by Crippen LogP contribution is 2.15. The Hall–Kier alpha value is -0.170. The van der Waals surface area contributed by atoms with Crippen LogP contribution in [0.1, 0.15) is 26.7 Å². The summed E-state index contributed by atoms with van der Waals surface area (Å²) in [5.74, 6) is 0.518. The standard InChI is InChI=1S/C12H26N2O3S/c1-3-14(8-9-17-4-2)18(15,16)11-12-6-5-7-13-10-12/h12-13H,3-11H2,1-2H3. The Morgan fingerprint density at radius 3 is 2.72 bits per heavy atom. The molecule has 18 heavy (non-hydrogen) atoms. The van der Waals surface area contributed by atoms with Crippen LogP contribution in [0.15, 0.2) is 0 Å². The van der Waals surface area contributed by atoms with Crippen molar-refractivity contribution in [2.24, 2.45) is 5.92 Å². The van der Waals surface area contributed by atoms with Crippen LogP contribution in [0.3, 0.4) is 0 Å². The van der Waals surface area contributed by atoms with Gasteiger partial charge in [0.2, 0.25) is 10.0 Å². The van der Waals surface area contributed by atoms with E-state index < -0.39 is 10.0 Å². The van der Waals surface area contributed by atoms with Crippen LogP contribution in [0.5, 0.6) is 0 Å². The molecule has 1 fully saturated rings. The van der Waals surface area contributed by atoms with Crippen molar-refractivity contribution in [3.8, 4) is 0 Å². The average Bonchev–Trinajstić information content (AvgIpc) is 2.35. The Bertz CT molecular complexity index is 313. The van der Waals surface area contributed by atoms with Crippen molar-refractivity contribution in [2.45, 2.75) is 26.7 Å². The average molecular weight is 278 g/mol. The lowest BCUT2D eigenvalue weighted by molar-refractivity contribution is 0.135. The smallest absolute Gasteiger partial charge is 0.214 e. The minimum atomic E-state index is -3.14. The molecule has 1 atom stereocenters. The molecule has 1 saturated heterocycles. The highest BCUT2D eigenvalue weighted by atomic mass is 32.2. The Labute approximate surface area is 111 Å². The normalized spacial score (nSPS) is 21.4. The summed E-state index contributed by atoms with van der Waals surface area (Å²) in [6, 6.07) is 0. The zero-order valence-corrected chi connectivity index (χ0v) is 12.3. The fourth-order valence-electron chi connectivity index (χ4n) is 2.27. The van der Waals surface area contributed by atoms with E-state index in [-0.39, 0.29) is 11.7 Å². The maximum Gasteiger partial charge on any atom is 0.214 e. The van der Waals surface area contributed by atoms with Crippen LogP contribution < -0.4 is 5.32 Å². The Kier molecular flexibility index (Phi) is 7.14. The van der Waals surface area contributed by atoms with Crippen molar-refractivity contribution in [2.75, 3.05) is 45.1 Å². The molecule has 1 rings (SSSR count). The first-order valence-corrected chi connectivity index (χ1v) is 8.47. The predicted octanol–water partition coefficient (Wildman–Crippen LogP) is 0.674. The van der Waals surface area contributed by atoms with E-state index in [1.165, 1.54) is 4.31 Å². The largest absolute Gasteiger partial charge is 0.380 e. The van der Waals surface area contributed by atoms with Crippen molar-refractivity contribution >= 4 is 10.0 Å². The molecule has 0 aliphatic carbocycles. The van der Waals surface area contributed by atoms with Crippen LogP contribution >= 0.6 is 0 Å². The second kappa shape index (κ2) is 8.09. The Balaban J connectivity index is 2.47. The zero-order valence-electron chi connectivity index (χ0n) is 11.5. The quantitative estimate of drug-likeness (QED) is 0.663. The molecule has 1 aliphatic heterocycles. The van der Waals surface area contributed by atoms with Gasteiger partial charge < -0.3 is 10.1 Å². The molecule has 1 unspecified atom stereocenters. The van der Waals surface area contributed by atoms with Gasteiger partial charge >= 0.3 is 0 Å². The molecule has 0 aromatic carbocycles. The van der Waals surface area contributed by atoms with Crippen LogP contribution in [-0.2, 0) is 14.8 Å². The number of piperidine rings is 1. The zero-order chi connectivity index (χ0) is 13.4. The van der Waals surface area contributed by atoms with Crippen LogP contribution in [0.4, 0.5) is 0 Å². The molecular weight excluding hydrogens is 252 g/mol. The molecule has 0 saturated carbocycles. The van der Waals surface area contributed by atoms with E-state index in [2.05, 4.69) is 5.32 Å². The Morgan fingerprint density at radius 1 is 1.39 bits per heavy atom. The SMILES string of the molecule is CCOCCN(CC)S(=O)(=O)CC1CCCNC1. The highest BCUT2D eigenvalue weighted by molar-refractivity contribution is 7.89. The maximum absolute atomic E-state index is 12.3. The van der Waals surface area contributed by atoms with E-state index in [1.807, 2.05) is 13.8 Å². The molecule has 0 aromatic rings. The first-order valence-electron chi connectivity index (χ1n) is 6.86. The maximum atomic E-state index is 12.3. The van der Waals surface area contributed by atoms with Crippen molar-refractivity contribution in [1.82, 2.24) is 9.62 Å². The van der Waals surface area contributed by atoms with Crippen LogP contribution in [0, 0.1) is 5.92 Å². The summed E-state index contributed by atoms with van der Waals surface area (Å²) >= 11 is 0. The number of ether oxygens (including phenoxy) is 1. The van der Waals surface area contributed by atoms with Gasteiger partial charge in [0.15, 0.2) is 0 Å². The second-order valence-corrected chi connectivity index (χ2v) is 6.69. The summed E-state index contributed by atoms with van der Waals surface area (Å²) in [4.78, 5) is 0. The predicted molar refractivity (Wildman–Crippen MR) is 73.1 cm³/mol. The minimum absolute atomic E-state index is 0.255. The van der Waals surface area contributed by atoms with Crippen molar-refractivity contribution < 1.29 is 13.2 Å². The fraction of sp³-hybridized carbons (Fsp3) is 1.00. The summed E-state index contributed by atoms with van der Waals surface area (Å²) in [5, 5.41) is 3.26. The molecule has 0 bridgehead atoms. The number of nitrogens with one attached hydrogen (secondary N) is 1. The van der Waals surface area contributed by atoms with Gasteiger partial charge in [-0.25, -0.2) is 8.42 Å². The number of rotatable bonds is 8. The second-order valence-electron chi connectivity index (χ2n) is 4.68. The van der Waals surface area contributed by atoms with Gasteiger partial charge in [0, 0.05) is 19.7 Å². The fourth-order valence-corrected chi connectivity index (χ4v) is 4.11. The van der Waals surface area contributed by atoms with Crippen LogP contribution in [0.2, 0.25) is 0 Å². The molecule has 0 aromatic heterocycles. The van der Waals surface area contributed by atoms with E-state index >= 15 is 0 Å². The van der Waals surface area contributed by atoms with Crippen molar-refractivity contribution in [3.05, 3.63) is 0 Å². The van der Waals surface area contributed by atoms with Crippen molar-refractivity contribution in [1.29, 1.82) is 0 Å². The topological polar surface area (TPSA) is 58.6 Å². The lowest BCUT2D eigenvalue weighted by atomic mass is 10.0. The van der Waals surface area contributed by atoms with E-state index in [4.69, 9.17) is 4.74 Å². The van der Waals surface area contributed by atoms with E-state index in [0.717, 1.165) is 25.9 Å². The molecule has 0 spiro atoms. The number of hydrogen-bond donors (Lipinski definition) is 1. The summed E-state index contributed by atoms with van der Waals surface area (Å²) < 4.78 is 31.3. The minimum Gasteiger partial charge on any atom is -0.380 e. The van der Waals surface area contributed by atoms with Gasteiger partial charge in [-0.15, -0.1) is 0 Å². The summed E-state index contributed by atoms with van der Waals surface area (Å²) in [5.41, 5.74) is 0. The van der Waals surface area contributed by atoms with E-state index in [0.29, 0.717) is 26.3 Å². The summed E-state index contributed by atoms with van der Waals surface area (Å²) in [7, 11) is -3.14. The third-order valence-electron chi connectivity index (χ3n) is 3.28. The van der Waals surface area contributed by atoms with Gasteiger partial charge in [0.05, 0.1) is 12.4 Å². The first kappa shape index (κ1) is 15.9. The molecular formula is C12H26N2O3S. The Morgan fingerprint density at radius 2 is 2.17 bits per heavy atom. The van der Waals surface area contributed by atoms with E-state index in [9.17, 15) is 8.42 Å². The van der Waals surface area contributed by atoms with Crippen molar-refractivity contribution in [3.63, 3.8) is 0 Å². The molecule has 5 nitrogen and oxygen atoms in total. The molecule has 0 radical (unpaired) electrons. The van der Waals surface area contributed by atoms with Crippen LogP contribution in [-0.4, -0.2) is 57.9 Å². The summed E-state index contributed by atoms with van der Waals surface area (Å²) in [6.07, 6.45) is 2.08. The third-order valence-corrected chi connectivity index (χ3v) is 5.40. The number of hydrogen-bond acceptors (Lipinski definition) is 4. The molecule has 6 heteroatoms. The number of sulfonamides is 1.